The van der Waals surface area contributed by atoms with E-state index in [9.17, 15) is 14.0 Å². The minimum atomic E-state index is -1.06. The molecule has 2 aromatic rings. The third kappa shape index (κ3) is 3.33. The number of aromatic nitrogens is 2. The summed E-state index contributed by atoms with van der Waals surface area (Å²) in [5.41, 5.74) is 0.0547. The van der Waals surface area contributed by atoms with Gasteiger partial charge in [0.25, 0.3) is 5.91 Å². The summed E-state index contributed by atoms with van der Waals surface area (Å²) in [6, 6.07) is 3.62. The highest BCUT2D eigenvalue weighted by molar-refractivity contribution is 6.31. The number of nitrogens with one attached hydrogen (secondary N) is 1. The zero-order valence-corrected chi connectivity index (χ0v) is 10.8. The molecule has 0 saturated heterocycles. The fourth-order valence-corrected chi connectivity index (χ4v) is 1.70. The first-order chi connectivity index (χ1) is 9.45. The normalized spacial score (nSPS) is 10.3. The number of hydrogen-bond donors (Lipinski definition) is 2. The maximum atomic E-state index is 13.5. The molecule has 0 saturated carbocycles. The molecule has 2 N–H and O–H groups in total. The Morgan fingerprint density at radius 3 is 2.90 bits per heavy atom. The summed E-state index contributed by atoms with van der Waals surface area (Å²) in [6.45, 7) is -0.332. The van der Waals surface area contributed by atoms with E-state index < -0.39 is 17.7 Å². The molecule has 104 valence electrons. The van der Waals surface area contributed by atoms with Crippen LogP contribution in [0.2, 0.25) is 5.02 Å². The van der Waals surface area contributed by atoms with Crippen LogP contribution in [0, 0.1) is 5.82 Å². The van der Waals surface area contributed by atoms with Gasteiger partial charge in [-0.25, -0.2) is 4.39 Å². The Morgan fingerprint density at radius 1 is 1.45 bits per heavy atom. The Hall–Kier alpha value is -2.41. The third-order valence-corrected chi connectivity index (χ3v) is 2.60. The zero-order chi connectivity index (χ0) is 14.7. The second-order valence-electron chi connectivity index (χ2n) is 3.90. The molecule has 1 heterocycles. The summed E-state index contributed by atoms with van der Waals surface area (Å²) < 4.78 is 14.6. The summed E-state index contributed by atoms with van der Waals surface area (Å²) in [4.78, 5) is 22.3. The standard InChI is InChI=1S/C12H9ClFN3O3/c13-7-1-2-10(14)9(3-7)12(20)16-8-4-15-17(5-8)6-11(18)19/h1-5H,6H2,(H,16,20)(H,18,19). The molecule has 0 aliphatic rings. The molecule has 0 aliphatic carbocycles. The van der Waals surface area contributed by atoms with Crippen molar-refractivity contribution in [3.05, 3.63) is 47.0 Å². The first-order valence-corrected chi connectivity index (χ1v) is 5.84. The van der Waals surface area contributed by atoms with Crippen LogP contribution in [0.25, 0.3) is 0 Å². The van der Waals surface area contributed by atoms with Gasteiger partial charge in [0, 0.05) is 11.2 Å². The van der Waals surface area contributed by atoms with Gasteiger partial charge in [0.15, 0.2) is 0 Å². The molecular formula is C12H9ClFN3O3. The smallest absolute Gasteiger partial charge is 0.325 e. The van der Waals surface area contributed by atoms with Crippen molar-refractivity contribution in [1.29, 1.82) is 0 Å². The molecular weight excluding hydrogens is 289 g/mol. The molecule has 1 amide bonds. The molecule has 0 spiro atoms. The van der Waals surface area contributed by atoms with Crippen LogP contribution in [-0.2, 0) is 11.3 Å². The number of anilines is 1. The number of carboxylic acids is 1. The molecule has 1 aromatic heterocycles. The van der Waals surface area contributed by atoms with E-state index in [1.807, 2.05) is 0 Å². The van der Waals surface area contributed by atoms with Crippen molar-refractivity contribution in [2.75, 3.05) is 5.32 Å². The Balaban J connectivity index is 2.13. The average molecular weight is 298 g/mol. The minimum absolute atomic E-state index is 0.205. The van der Waals surface area contributed by atoms with Gasteiger partial charge in [0.1, 0.15) is 12.4 Å². The fraction of sp³-hybridized carbons (Fsp3) is 0.0833. The molecule has 0 aliphatic heterocycles. The Morgan fingerprint density at radius 2 is 2.20 bits per heavy atom. The molecule has 2 rings (SSSR count). The monoisotopic (exact) mass is 297 g/mol. The molecule has 0 atom stereocenters. The van der Waals surface area contributed by atoms with Crippen LogP contribution < -0.4 is 5.32 Å². The van der Waals surface area contributed by atoms with Crippen LogP contribution in [0.3, 0.4) is 0 Å². The van der Waals surface area contributed by atoms with Gasteiger partial charge in [0.2, 0.25) is 0 Å². The zero-order valence-electron chi connectivity index (χ0n) is 10.0. The second kappa shape index (κ2) is 5.70. The number of benzene rings is 1. The van der Waals surface area contributed by atoms with E-state index in [-0.39, 0.29) is 22.8 Å². The maximum Gasteiger partial charge on any atom is 0.325 e. The van der Waals surface area contributed by atoms with Crippen molar-refractivity contribution >= 4 is 29.2 Å². The Labute approximate surface area is 117 Å². The molecule has 0 unspecified atom stereocenters. The molecule has 0 radical (unpaired) electrons. The van der Waals surface area contributed by atoms with Gasteiger partial charge in [-0.1, -0.05) is 11.6 Å². The van der Waals surface area contributed by atoms with Crippen molar-refractivity contribution in [3.8, 4) is 0 Å². The number of nitrogens with zero attached hydrogens (tertiary/aromatic N) is 2. The van der Waals surface area contributed by atoms with Crippen molar-refractivity contribution in [2.45, 2.75) is 6.54 Å². The van der Waals surface area contributed by atoms with Gasteiger partial charge in [0.05, 0.1) is 17.4 Å². The highest BCUT2D eigenvalue weighted by Gasteiger charge is 2.13. The first-order valence-electron chi connectivity index (χ1n) is 5.46. The lowest BCUT2D eigenvalue weighted by atomic mass is 10.2. The average Bonchev–Trinajstić information content (AvgIpc) is 2.78. The summed E-state index contributed by atoms with van der Waals surface area (Å²) >= 11 is 5.70. The van der Waals surface area contributed by atoms with Crippen molar-refractivity contribution in [1.82, 2.24) is 9.78 Å². The predicted octanol–water partition coefficient (Wildman–Crippen LogP) is 2.01. The van der Waals surface area contributed by atoms with Crippen LogP contribution in [0.5, 0.6) is 0 Å². The van der Waals surface area contributed by atoms with E-state index in [4.69, 9.17) is 16.7 Å². The highest BCUT2D eigenvalue weighted by atomic mass is 35.5. The Kier molecular flexibility index (Phi) is 3.99. The van der Waals surface area contributed by atoms with Gasteiger partial charge < -0.3 is 10.4 Å². The van der Waals surface area contributed by atoms with Crippen molar-refractivity contribution in [3.63, 3.8) is 0 Å². The lowest BCUT2D eigenvalue weighted by Crippen LogP contribution is -2.13. The maximum absolute atomic E-state index is 13.5. The quantitative estimate of drug-likeness (QED) is 0.904. The number of hydrogen-bond acceptors (Lipinski definition) is 3. The summed E-state index contributed by atoms with van der Waals surface area (Å²) in [7, 11) is 0. The lowest BCUT2D eigenvalue weighted by molar-refractivity contribution is -0.137. The molecule has 20 heavy (non-hydrogen) atoms. The van der Waals surface area contributed by atoms with Gasteiger partial charge in [-0.3, -0.25) is 14.3 Å². The van der Waals surface area contributed by atoms with Crippen LogP contribution in [-0.4, -0.2) is 26.8 Å². The number of rotatable bonds is 4. The number of halogens is 2. The van der Waals surface area contributed by atoms with Gasteiger partial charge in [-0.05, 0) is 18.2 Å². The van der Waals surface area contributed by atoms with E-state index in [0.717, 1.165) is 10.7 Å². The molecule has 1 aromatic carbocycles. The van der Waals surface area contributed by atoms with Crippen LogP contribution in [0.15, 0.2) is 30.6 Å². The molecule has 6 nitrogen and oxygen atoms in total. The SMILES string of the molecule is O=C(O)Cn1cc(NC(=O)c2cc(Cl)ccc2F)cn1. The van der Waals surface area contributed by atoms with Crippen LogP contribution in [0.4, 0.5) is 10.1 Å². The number of carbonyl (C=O) groups is 2. The predicted molar refractivity (Wildman–Crippen MR) is 69.2 cm³/mol. The lowest BCUT2D eigenvalue weighted by Gasteiger charge is -2.04. The highest BCUT2D eigenvalue weighted by Crippen LogP contribution is 2.16. The summed E-state index contributed by atoms with van der Waals surface area (Å²) in [6.07, 6.45) is 2.60. The van der Waals surface area contributed by atoms with E-state index >= 15 is 0 Å². The number of carboxylic acid groups (broad SMARTS) is 1. The van der Waals surface area contributed by atoms with E-state index in [2.05, 4.69) is 10.4 Å². The van der Waals surface area contributed by atoms with Crippen molar-refractivity contribution in [2.24, 2.45) is 0 Å². The van der Waals surface area contributed by atoms with E-state index in [0.29, 0.717) is 0 Å². The molecule has 0 bridgehead atoms. The second-order valence-corrected chi connectivity index (χ2v) is 4.34. The van der Waals surface area contributed by atoms with E-state index in [1.54, 1.807) is 0 Å². The summed E-state index contributed by atoms with van der Waals surface area (Å²) in [5, 5.41) is 15.0. The van der Waals surface area contributed by atoms with Crippen LogP contribution >= 0.6 is 11.6 Å². The number of aliphatic carboxylic acids is 1. The van der Waals surface area contributed by atoms with E-state index in [1.165, 1.54) is 24.5 Å². The third-order valence-electron chi connectivity index (χ3n) is 2.36. The van der Waals surface area contributed by atoms with Gasteiger partial charge >= 0.3 is 5.97 Å². The largest absolute Gasteiger partial charge is 0.480 e. The Bertz CT molecular complexity index is 672. The number of amides is 1. The molecule has 8 heteroatoms. The number of carbonyl (C=O) groups excluding carboxylic acids is 1. The first kappa shape index (κ1) is 14.0. The fourth-order valence-electron chi connectivity index (χ4n) is 1.52. The van der Waals surface area contributed by atoms with Crippen molar-refractivity contribution < 1.29 is 19.1 Å². The van der Waals surface area contributed by atoms with Crippen LogP contribution in [0.1, 0.15) is 10.4 Å². The summed E-state index contributed by atoms with van der Waals surface area (Å²) in [5.74, 6) is -2.46. The topological polar surface area (TPSA) is 84.2 Å². The minimum Gasteiger partial charge on any atom is -0.480 e. The van der Waals surface area contributed by atoms with Gasteiger partial charge in [-0.2, -0.15) is 5.10 Å². The van der Waals surface area contributed by atoms with Gasteiger partial charge in [-0.15, -0.1) is 0 Å². The molecule has 0 fully saturated rings.